The minimum Gasteiger partial charge on any atom is -0.292 e. The second-order valence-corrected chi connectivity index (χ2v) is 5.11. The summed E-state index contributed by atoms with van der Waals surface area (Å²) in [6.07, 6.45) is 13.8. The van der Waals surface area contributed by atoms with E-state index in [1.807, 2.05) is 0 Å². The largest absolute Gasteiger partial charge is 0.292 e. The van der Waals surface area contributed by atoms with Crippen molar-refractivity contribution >= 4 is 6.72 Å². The van der Waals surface area contributed by atoms with Crippen LogP contribution in [0.1, 0.15) is 64.2 Å². The predicted octanol–water partition coefficient (Wildman–Crippen LogP) is 3.57. The van der Waals surface area contributed by atoms with Crippen molar-refractivity contribution in [2.45, 2.75) is 76.3 Å². The third-order valence-electron chi connectivity index (χ3n) is 4.06. The molecule has 0 saturated heterocycles. The van der Waals surface area contributed by atoms with Crippen LogP contribution in [0.25, 0.3) is 0 Å². The van der Waals surface area contributed by atoms with E-state index in [0.717, 1.165) is 0 Å². The van der Waals surface area contributed by atoms with E-state index in [-0.39, 0.29) is 0 Å². The molecule has 2 fully saturated rings. The van der Waals surface area contributed by atoms with Crippen molar-refractivity contribution < 1.29 is 0 Å². The van der Waals surface area contributed by atoms with Gasteiger partial charge in [0.15, 0.2) is 0 Å². The monoisotopic (exact) mass is 208 g/mol. The Morgan fingerprint density at radius 3 is 1.47 bits per heavy atom. The standard InChI is InChI=1S/C13H24N2/c1-14-15(12-8-4-2-5-9-12)13-10-6-3-7-11-13/h12-13H,1-11H2. The number of hydrogen-bond acceptors (Lipinski definition) is 2. The summed E-state index contributed by atoms with van der Waals surface area (Å²) in [6, 6.07) is 1.42. The zero-order chi connectivity index (χ0) is 10.5. The Morgan fingerprint density at radius 2 is 1.13 bits per heavy atom. The van der Waals surface area contributed by atoms with E-state index >= 15 is 0 Å². The van der Waals surface area contributed by atoms with Crippen LogP contribution in [-0.2, 0) is 0 Å². The maximum atomic E-state index is 4.32. The summed E-state index contributed by atoms with van der Waals surface area (Å²) in [7, 11) is 0. The second-order valence-electron chi connectivity index (χ2n) is 5.11. The second kappa shape index (κ2) is 5.53. The highest BCUT2D eigenvalue weighted by Crippen LogP contribution is 2.29. The molecule has 0 aromatic carbocycles. The topological polar surface area (TPSA) is 15.6 Å². The summed E-state index contributed by atoms with van der Waals surface area (Å²) in [4.78, 5) is 0. The number of nitrogens with zero attached hydrogens (tertiary/aromatic N) is 2. The Balaban J connectivity index is 1.91. The number of hydrogen-bond donors (Lipinski definition) is 0. The molecular formula is C13H24N2. The van der Waals surface area contributed by atoms with Crippen LogP contribution < -0.4 is 0 Å². The van der Waals surface area contributed by atoms with E-state index in [4.69, 9.17) is 0 Å². The van der Waals surface area contributed by atoms with Crippen LogP contribution in [0.3, 0.4) is 0 Å². The van der Waals surface area contributed by atoms with Crippen molar-refractivity contribution in [3.63, 3.8) is 0 Å². The maximum absolute atomic E-state index is 4.32. The first kappa shape index (κ1) is 11.0. The molecule has 0 bridgehead atoms. The Morgan fingerprint density at radius 1 is 0.733 bits per heavy atom. The summed E-state index contributed by atoms with van der Waals surface area (Å²) < 4.78 is 0. The van der Waals surface area contributed by atoms with Crippen LogP contribution in [0.5, 0.6) is 0 Å². The minimum absolute atomic E-state index is 0.708. The summed E-state index contributed by atoms with van der Waals surface area (Å²) in [5.41, 5.74) is 0. The lowest BCUT2D eigenvalue weighted by Gasteiger charge is -2.39. The van der Waals surface area contributed by atoms with Crippen LogP contribution in [-0.4, -0.2) is 23.8 Å². The molecule has 0 N–H and O–H groups in total. The summed E-state index contributed by atoms with van der Waals surface area (Å²) >= 11 is 0. The molecular weight excluding hydrogens is 184 g/mol. The molecule has 0 aromatic rings. The lowest BCUT2D eigenvalue weighted by atomic mass is 9.90. The molecule has 15 heavy (non-hydrogen) atoms. The Hall–Kier alpha value is -0.530. The van der Waals surface area contributed by atoms with Crippen molar-refractivity contribution in [2.75, 3.05) is 0 Å². The average Bonchev–Trinajstić information content (AvgIpc) is 2.33. The third kappa shape index (κ3) is 2.73. The van der Waals surface area contributed by atoms with Gasteiger partial charge in [0.1, 0.15) is 0 Å². The van der Waals surface area contributed by atoms with Gasteiger partial charge in [0.2, 0.25) is 0 Å². The van der Waals surface area contributed by atoms with Gasteiger partial charge in [-0.3, -0.25) is 5.01 Å². The van der Waals surface area contributed by atoms with Crippen LogP contribution >= 0.6 is 0 Å². The van der Waals surface area contributed by atoms with E-state index in [0.29, 0.717) is 12.1 Å². The van der Waals surface area contributed by atoms with Crippen molar-refractivity contribution in [2.24, 2.45) is 5.10 Å². The van der Waals surface area contributed by atoms with Gasteiger partial charge in [-0.15, -0.1) is 0 Å². The minimum atomic E-state index is 0.708. The number of rotatable bonds is 3. The summed E-state index contributed by atoms with van der Waals surface area (Å²) in [5.74, 6) is 0. The summed E-state index contributed by atoms with van der Waals surface area (Å²) in [6.45, 7) is 3.79. The normalized spacial score (nSPS) is 25.1. The van der Waals surface area contributed by atoms with E-state index in [1.54, 1.807) is 0 Å². The molecule has 2 aliphatic rings. The van der Waals surface area contributed by atoms with E-state index in [9.17, 15) is 0 Å². The fraction of sp³-hybridized carbons (Fsp3) is 0.923. The van der Waals surface area contributed by atoms with Crippen molar-refractivity contribution in [3.8, 4) is 0 Å². The molecule has 0 unspecified atom stereocenters. The fourth-order valence-electron chi connectivity index (χ4n) is 3.22. The molecule has 2 saturated carbocycles. The SMILES string of the molecule is C=NN(C1CCCCC1)C1CCCCC1. The molecule has 86 valence electrons. The van der Waals surface area contributed by atoms with E-state index < -0.39 is 0 Å². The fourth-order valence-corrected chi connectivity index (χ4v) is 3.22. The first-order valence-corrected chi connectivity index (χ1v) is 6.67. The molecule has 0 aromatic heterocycles. The smallest absolute Gasteiger partial charge is 0.0473 e. The van der Waals surface area contributed by atoms with Crippen molar-refractivity contribution in [3.05, 3.63) is 0 Å². The molecule has 0 atom stereocenters. The predicted molar refractivity (Wildman–Crippen MR) is 65.1 cm³/mol. The van der Waals surface area contributed by atoms with Crippen LogP contribution in [0.15, 0.2) is 5.10 Å². The molecule has 2 heteroatoms. The van der Waals surface area contributed by atoms with Crippen LogP contribution in [0.4, 0.5) is 0 Å². The van der Waals surface area contributed by atoms with Gasteiger partial charge in [-0.2, -0.15) is 5.10 Å². The Kier molecular flexibility index (Phi) is 4.04. The van der Waals surface area contributed by atoms with Gasteiger partial charge in [-0.1, -0.05) is 38.5 Å². The molecule has 2 nitrogen and oxygen atoms in total. The first-order valence-electron chi connectivity index (χ1n) is 6.67. The number of hydrazone groups is 1. The Labute approximate surface area is 93.7 Å². The highest BCUT2D eigenvalue weighted by molar-refractivity contribution is 5.22. The van der Waals surface area contributed by atoms with Gasteiger partial charge in [-0.25, -0.2) is 0 Å². The summed E-state index contributed by atoms with van der Waals surface area (Å²) in [5, 5.41) is 6.68. The molecule has 0 heterocycles. The molecule has 0 radical (unpaired) electrons. The van der Waals surface area contributed by atoms with Gasteiger partial charge in [-0.05, 0) is 25.7 Å². The van der Waals surface area contributed by atoms with Gasteiger partial charge in [0.25, 0.3) is 0 Å². The first-order chi connectivity index (χ1) is 7.42. The molecule has 0 amide bonds. The zero-order valence-electron chi connectivity index (χ0n) is 9.83. The maximum Gasteiger partial charge on any atom is 0.0473 e. The van der Waals surface area contributed by atoms with Gasteiger partial charge >= 0.3 is 0 Å². The van der Waals surface area contributed by atoms with Crippen molar-refractivity contribution in [1.29, 1.82) is 0 Å². The van der Waals surface area contributed by atoms with Crippen LogP contribution in [0.2, 0.25) is 0 Å². The molecule has 0 aliphatic heterocycles. The van der Waals surface area contributed by atoms with Gasteiger partial charge in [0, 0.05) is 18.8 Å². The highest BCUT2D eigenvalue weighted by atomic mass is 15.5. The van der Waals surface area contributed by atoms with Gasteiger partial charge in [0.05, 0.1) is 0 Å². The molecule has 2 rings (SSSR count). The quantitative estimate of drug-likeness (QED) is 0.511. The molecule has 2 aliphatic carbocycles. The van der Waals surface area contributed by atoms with E-state index in [1.165, 1.54) is 64.2 Å². The Bertz CT molecular complexity index is 173. The zero-order valence-corrected chi connectivity index (χ0v) is 9.83. The lowest BCUT2D eigenvalue weighted by Crippen LogP contribution is -2.41. The average molecular weight is 208 g/mol. The van der Waals surface area contributed by atoms with Crippen molar-refractivity contribution in [1.82, 2.24) is 5.01 Å². The van der Waals surface area contributed by atoms with Gasteiger partial charge < -0.3 is 0 Å². The van der Waals surface area contributed by atoms with Crippen LogP contribution in [0, 0.1) is 0 Å². The highest BCUT2D eigenvalue weighted by Gasteiger charge is 2.27. The lowest BCUT2D eigenvalue weighted by molar-refractivity contribution is 0.0860. The third-order valence-corrected chi connectivity index (χ3v) is 4.06. The van der Waals surface area contributed by atoms with E-state index in [2.05, 4.69) is 16.8 Å². The molecule has 0 spiro atoms.